The molecule has 2 aromatic carbocycles. The Kier molecular flexibility index (Phi) is 5.58. The van der Waals surface area contributed by atoms with Crippen LogP contribution in [0, 0.1) is 6.92 Å². The van der Waals surface area contributed by atoms with Crippen molar-refractivity contribution in [2.75, 3.05) is 18.4 Å². The average molecular weight is 461 g/mol. The standard InChI is InChI=1S/C20H20N4O3S3/c1-4-24(5-2)30(26,27)14-8-6-13(7-9-14)19(25)23-20-22-15-10-11-16-17(18(15)29-20)21-12(3)28-16/h6-11H,4-5H2,1-3H3,(H,22,23,25). The van der Waals surface area contributed by atoms with Gasteiger partial charge in [-0.2, -0.15) is 4.31 Å². The molecule has 30 heavy (non-hydrogen) atoms. The molecule has 0 atom stereocenters. The monoisotopic (exact) mass is 460 g/mol. The summed E-state index contributed by atoms with van der Waals surface area (Å²) in [7, 11) is -3.55. The van der Waals surface area contributed by atoms with Crippen molar-refractivity contribution in [1.82, 2.24) is 14.3 Å². The first-order chi connectivity index (χ1) is 14.3. The van der Waals surface area contributed by atoms with Crippen LogP contribution < -0.4 is 5.32 Å². The number of anilines is 1. The van der Waals surface area contributed by atoms with Crippen molar-refractivity contribution in [1.29, 1.82) is 0 Å². The molecular formula is C20H20N4O3S3. The predicted molar refractivity (Wildman–Crippen MR) is 122 cm³/mol. The van der Waals surface area contributed by atoms with Gasteiger partial charge >= 0.3 is 0 Å². The summed E-state index contributed by atoms with van der Waals surface area (Å²) in [6, 6.07) is 9.87. The van der Waals surface area contributed by atoms with Crippen LogP contribution >= 0.6 is 22.7 Å². The lowest BCUT2D eigenvalue weighted by molar-refractivity contribution is 0.102. The van der Waals surface area contributed by atoms with E-state index in [1.807, 2.05) is 19.1 Å². The summed E-state index contributed by atoms with van der Waals surface area (Å²) in [6.45, 7) is 6.34. The van der Waals surface area contributed by atoms with Gasteiger partial charge in [0.25, 0.3) is 5.91 Å². The van der Waals surface area contributed by atoms with Crippen molar-refractivity contribution in [3.8, 4) is 0 Å². The first-order valence-electron chi connectivity index (χ1n) is 9.41. The maximum Gasteiger partial charge on any atom is 0.257 e. The molecule has 0 spiro atoms. The SMILES string of the molecule is CCN(CC)S(=O)(=O)c1ccc(C(=O)Nc2nc3ccc4sc(C)nc4c3s2)cc1. The molecule has 2 aromatic heterocycles. The van der Waals surface area contributed by atoms with Crippen molar-refractivity contribution in [2.45, 2.75) is 25.7 Å². The highest BCUT2D eigenvalue weighted by Gasteiger charge is 2.22. The van der Waals surface area contributed by atoms with Crippen LogP contribution in [-0.4, -0.2) is 41.7 Å². The molecule has 4 aromatic rings. The molecule has 10 heteroatoms. The average Bonchev–Trinajstić information content (AvgIpc) is 3.30. The van der Waals surface area contributed by atoms with E-state index in [9.17, 15) is 13.2 Å². The van der Waals surface area contributed by atoms with E-state index in [-0.39, 0.29) is 10.8 Å². The quantitative estimate of drug-likeness (QED) is 0.457. The largest absolute Gasteiger partial charge is 0.298 e. The molecule has 1 N–H and O–H groups in total. The van der Waals surface area contributed by atoms with Crippen LogP contribution in [0.15, 0.2) is 41.3 Å². The van der Waals surface area contributed by atoms with Crippen molar-refractivity contribution in [3.63, 3.8) is 0 Å². The Labute approximate surface area is 182 Å². The molecule has 4 rings (SSSR count). The van der Waals surface area contributed by atoms with Gasteiger partial charge in [-0.3, -0.25) is 10.1 Å². The van der Waals surface area contributed by atoms with Gasteiger partial charge in [0.15, 0.2) is 5.13 Å². The fourth-order valence-corrected chi connectivity index (χ4v) is 6.51. The normalized spacial score (nSPS) is 12.1. The second-order valence-electron chi connectivity index (χ2n) is 6.58. The minimum atomic E-state index is -3.55. The highest BCUT2D eigenvalue weighted by Crippen LogP contribution is 2.34. The molecule has 0 unspecified atom stereocenters. The van der Waals surface area contributed by atoms with Gasteiger partial charge in [0, 0.05) is 18.7 Å². The van der Waals surface area contributed by atoms with E-state index < -0.39 is 10.0 Å². The summed E-state index contributed by atoms with van der Waals surface area (Å²) in [6.07, 6.45) is 0. The van der Waals surface area contributed by atoms with Crippen LogP contribution in [0.2, 0.25) is 0 Å². The number of amides is 1. The molecule has 1 amide bonds. The van der Waals surface area contributed by atoms with Crippen LogP contribution in [-0.2, 0) is 10.0 Å². The molecule has 2 heterocycles. The lowest BCUT2D eigenvalue weighted by Gasteiger charge is -2.18. The third-order valence-corrected chi connectivity index (χ3v) is 8.69. The Balaban J connectivity index is 1.57. The molecule has 0 aliphatic rings. The second-order valence-corrected chi connectivity index (χ2v) is 10.8. The number of fused-ring (bicyclic) bond motifs is 3. The number of aromatic nitrogens is 2. The molecule has 0 fully saturated rings. The summed E-state index contributed by atoms with van der Waals surface area (Å²) < 4.78 is 28.6. The van der Waals surface area contributed by atoms with Crippen LogP contribution in [0.3, 0.4) is 0 Å². The number of nitrogens with zero attached hydrogens (tertiary/aromatic N) is 3. The summed E-state index contributed by atoms with van der Waals surface area (Å²) in [5.41, 5.74) is 2.05. The van der Waals surface area contributed by atoms with Gasteiger partial charge in [-0.15, -0.1) is 11.3 Å². The van der Waals surface area contributed by atoms with Gasteiger partial charge in [0.1, 0.15) is 5.52 Å². The van der Waals surface area contributed by atoms with Crippen molar-refractivity contribution in [2.24, 2.45) is 0 Å². The van der Waals surface area contributed by atoms with Crippen molar-refractivity contribution >= 4 is 64.2 Å². The third-order valence-electron chi connectivity index (χ3n) is 4.70. The molecule has 0 bridgehead atoms. The van der Waals surface area contributed by atoms with Gasteiger partial charge in [0.2, 0.25) is 10.0 Å². The molecule has 156 valence electrons. The summed E-state index contributed by atoms with van der Waals surface area (Å²) in [5, 5.41) is 4.27. The smallest absolute Gasteiger partial charge is 0.257 e. The Morgan fingerprint density at radius 1 is 1.03 bits per heavy atom. The van der Waals surface area contributed by atoms with E-state index in [1.54, 1.807) is 25.2 Å². The van der Waals surface area contributed by atoms with Crippen LogP contribution in [0.25, 0.3) is 20.4 Å². The molecular weight excluding hydrogens is 440 g/mol. The van der Waals surface area contributed by atoms with E-state index >= 15 is 0 Å². The number of sulfonamides is 1. The van der Waals surface area contributed by atoms with Gasteiger partial charge in [0.05, 0.1) is 24.8 Å². The zero-order valence-electron chi connectivity index (χ0n) is 16.7. The topological polar surface area (TPSA) is 92.3 Å². The van der Waals surface area contributed by atoms with Crippen LogP contribution in [0.4, 0.5) is 5.13 Å². The fraction of sp³-hybridized carbons (Fsp3) is 0.250. The second kappa shape index (κ2) is 8.03. The molecule has 0 saturated carbocycles. The number of aryl methyl sites for hydroxylation is 1. The van der Waals surface area contributed by atoms with Gasteiger partial charge in [-0.25, -0.2) is 18.4 Å². The number of carbonyl (C=O) groups excluding carboxylic acids is 1. The summed E-state index contributed by atoms with van der Waals surface area (Å²) in [5.74, 6) is -0.341. The van der Waals surface area contributed by atoms with Crippen LogP contribution in [0.1, 0.15) is 29.2 Å². The Bertz CT molecular complexity index is 1340. The Morgan fingerprint density at radius 2 is 1.73 bits per heavy atom. The maximum atomic E-state index is 12.6. The number of hydrogen-bond acceptors (Lipinski definition) is 7. The van der Waals surface area contributed by atoms with Gasteiger partial charge < -0.3 is 0 Å². The van der Waals surface area contributed by atoms with Crippen molar-refractivity contribution in [3.05, 3.63) is 47.0 Å². The molecule has 0 saturated heterocycles. The van der Waals surface area contributed by atoms with E-state index in [1.165, 1.54) is 39.9 Å². The van der Waals surface area contributed by atoms with Gasteiger partial charge in [-0.1, -0.05) is 25.2 Å². The minimum absolute atomic E-state index is 0.170. The number of rotatable bonds is 6. The lowest BCUT2D eigenvalue weighted by Crippen LogP contribution is -2.30. The molecule has 0 aliphatic heterocycles. The minimum Gasteiger partial charge on any atom is -0.298 e. The number of nitrogens with one attached hydrogen (secondary N) is 1. The zero-order valence-corrected chi connectivity index (χ0v) is 19.1. The first kappa shape index (κ1) is 20.9. The first-order valence-corrected chi connectivity index (χ1v) is 12.5. The van der Waals surface area contributed by atoms with Crippen molar-refractivity contribution < 1.29 is 13.2 Å². The third kappa shape index (κ3) is 3.71. The maximum absolute atomic E-state index is 12.6. The van der Waals surface area contributed by atoms with E-state index in [0.717, 1.165) is 25.4 Å². The summed E-state index contributed by atoms with van der Waals surface area (Å²) in [4.78, 5) is 21.9. The molecule has 7 nitrogen and oxygen atoms in total. The number of hydrogen-bond donors (Lipinski definition) is 1. The Hall–Kier alpha value is -2.40. The lowest BCUT2D eigenvalue weighted by atomic mass is 10.2. The highest BCUT2D eigenvalue weighted by molar-refractivity contribution is 7.89. The number of benzene rings is 2. The predicted octanol–water partition coefficient (Wildman–Crippen LogP) is 4.50. The zero-order chi connectivity index (χ0) is 21.5. The Morgan fingerprint density at radius 3 is 2.40 bits per heavy atom. The van der Waals surface area contributed by atoms with Crippen LogP contribution in [0.5, 0.6) is 0 Å². The number of thiazole rings is 2. The summed E-state index contributed by atoms with van der Waals surface area (Å²) >= 11 is 3.00. The molecule has 0 aliphatic carbocycles. The number of carbonyl (C=O) groups is 1. The van der Waals surface area contributed by atoms with E-state index in [4.69, 9.17) is 0 Å². The van der Waals surface area contributed by atoms with E-state index in [2.05, 4.69) is 15.3 Å². The van der Waals surface area contributed by atoms with Gasteiger partial charge in [-0.05, 0) is 43.3 Å². The van der Waals surface area contributed by atoms with E-state index in [0.29, 0.717) is 23.8 Å². The fourth-order valence-electron chi connectivity index (χ4n) is 3.20. The molecule has 0 radical (unpaired) electrons. The highest BCUT2D eigenvalue weighted by atomic mass is 32.2.